The van der Waals surface area contributed by atoms with Crippen LogP contribution < -0.4 is 0 Å². The van der Waals surface area contributed by atoms with E-state index in [-0.39, 0.29) is 5.78 Å². The minimum atomic E-state index is -0.522. The molecule has 1 N–H and O–H groups in total. The zero-order valence-corrected chi connectivity index (χ0v) is 18.2. The van der Waals surface area contributed by atoms with Gasteiger partial charge in [-0.3, -0.25) is 9.78 Å². The molecule has 2 aromatic carbocycles. The number of hydrogen-bond acceptors (Lipinski definition) is 6. The van der Waals surface area contributed by atoms with Gasteiger partial charge in [0.1, 0.15) is 5.25 Å². The fraction of sp³-hybridized carbons (Fsp3) is 0.120. The van der Waals surface area contributed by atoms with Crippen LogP contribution in [-0.2, 0) is 6.42 Å². The lowest BCUT2D eigenvalue weighted by atomic mass is 10.0. The summed E-state index contributed by atoms with van der Waals surface area (Å²) in [6.07, 6.45) is 6.04. The number of aryl methyl sites for hydroxylation is 1. The number of pyridine rings is 1. The molecule has 0 bridgehead atoms. The van der Waals surface area contributed by atoms with E-state index in [1.165, 1.54) is 17.3 Å². The molecule has 1 unspecified atom stereocenters. The van der Waals surface area contributed by atoms with Crippen LogP contribution in [0.15, 0.2) is 88.9 Å². The van der Waals surface area contributed by atoms with Gasteiger partial charge in [0, 0.05) is 40.6 Å². The van der Waals surface area contributed by atoms with E-state index in [1.807, 2.05) is 42.5 Å². The second kappa shape index (κ2) is 8.80. The zero-order valence-electron chi connectivity index (χ0n) is 17.4. The average Bonchev–Trinajstić information content (AvgIpc) is 3.50. The Kier molecular flexibility index (Phi) is 5.56. The maximum absolute atomic E-state index is 13.8. The molecule has 0 aliphatic heterocycles. The lowest BCUT2D eigenvalue weighted by Gasteiger charge is -2.13. The predicted molar refractivity (Wildman–Crippen MR) is 125 cm³/mol. The van der Waals surface area contributed by atoms with Crippen LogP contribution in [0.25, 0.3) is 22.4 Å². The first-order valence-electron chi connectivity index (χ1n) is 10.3. The largest absolute Gasteiger partial charge is 0.411 e. The van der Waals surface area contributed by atoms with Crippen LogP contribution in [0.4, 0.5) is 0 Å². The fourth-order valence-corrected chi connectivity index (χ4v) is 4.67. The van der Waals surface area contributed by atoms with Gasteiger partial charge in [-0.25, -0.2) is 0 Å². The van der Waals surface area contributed by atoms with Crippen LogP contribution in [-0.4, -0.2) is 25.9 Å². The van der Waals surface area contributed by atoms with Crippen molar-refractivity contribution in [1.29, 1.82) is 0 Å². The molecule has 158 valence electrons. The quantitative estimate of drug-likeness (QED) is 0.251. The van der Waals surface area contributed by atoms with Crippen molar-refractivity contribution in [1.82, 2.24) is 20.2 Å². The molecule has 7 heteroatoms. The highest BCUT2D eigenvalue weighted by Crippen LogP contribution is 2.39. The summed E-state index contributed by atoms with van der Waals surface area (Å²) >= 11 is 1.26. The Morgan fingerprint density at radius 2 is 1.84 bits per heavy atom. The molecule has 3 heterocycles. The fourth-order valence-electron chi connectivity index (χ4n) is 3.73. The normalized spacial score (nSPS) is 12.2. The molecular formula is C25H20N4O2S. The maximum Gasteiger partial charge on any atom is 0.277 e. The van der Waals surface area contributed by atoms with Crippen LogP contribution in [0.3, 0.4) is 0 Å². The molecule has 0 fully saturated rings. The maximum atomic E-state index is 13.8. The zero-order chi connectivity index (χ0) is 21.9. The average molecular weight is 441 g/mol. The van der Waals surface area contributed by atoms with Gasteiger partial charge in [0.2, 0.25) is 5.89 Å². The molecule has 0 radical (unpaired) electrons. The lowest BCUT2D eigenvalue weighted by Crippen LogP contribution is -2.09. The summed E-state index contributed by atoms with van der Waals surface area (Å²) in [6, 6.07) is 19.4. The summed E-state index contributed by atoms with van der Waals surface area (Å²) in [4.78, 5) is 21.1. The molecule has 0 aliphatic rings. The van der Waals surface area contributed by atoms with E-state index in [9.17, 15) is 4.79 Å². The molecule has 0 spiro atoms. The third kappa shape index (κ3) is 3.83. The van der Waals surface area contributed by atoms with Gasteiger partial charge in [0.15, 0.2) is 5.78 Å². The minimum absolute atomic E-state index is 0.00985. The molecule has 32 heavy (non-hydrogen) atoms. The Balaban J connectivity index is 1.51. The molecule has 5 rings (SSSR count). The molecule has 0 saturated heterocycles. The number of Topliss-reactive ketones (excluding diaryl/α,β-unsaturated/α-hetero) is 1. The van der Waals surface area contributed by atoms with Gasteiger partial charge in [0.25, 0.3) is 5.22 Å². The summed E-state index contributed by atoms with van der Waals surface area (Å²) in [5, 5.41) is 9.07. The third-order valence-corrected chi connectivity index (χ3v) is 6.43. The molecular weight excluding hydrogens is 420 g/mol. The number of aromatic amines is 1. The Hall–Kier alpha value is -3.71. The van der Waals surface area contributed by atoms with E-state index in [1.54, 1.807) is 30.7 Å². The van der Waals surface area contributed by atoms with Gasteiger partial charge in [-0.1, -0.05) is 55.5 Å². The summed E-state index contributed by atoms with van der Waals surface area (Å²) < 4.78 is 5.87. The Morgan fingerprint density at radius 3 is 2.62 bits per heavy atom. The van der Waals surface area contributed by atoms with Crippen LogP contribution in [0.1, 0.15) is 33.7 Å². The predicted octanol–water partition coefficient (Wildman–Crippen LogP) is 5.89. The first-order valence-corrected chi connectivity index (χ1v) is 11.2. The van der Waals surface area contributed by atoms with Crippen molar-refractivity contribution in [3.63, 3.8) is 0 Å². The summed E-state index contributed by atoms with van der Waals surface area (Å²) in [5.74, 6) is 0.387. The number of rotatable bonds is 7. The number of para-hydroxylation sites is 1. The Morgan fingerprint density at radius 1 is 1.03 bits per heavy atom. The van der Waals surface area contributed by atoms with E-state index < -0.39 is 5.25 Å². The first-order chi connectivity index (χ1) is 15.7. The van der Waals surface area contributed by atoms with E-state index in [2.05, 4.69) is 33.2 Å². The lowest BCUT2D eigenvalue weighted by molar-refractivity contribution is 0.0990. The van der Waals surface area contributed by atoms with Crippen LogP contribution in [0.2, 0.25) is 0 Å². The van der Waals surface area contributed by atoms with Gasteiger partial charge in [-0.05, 0) is 41.4 Å². The molecule has 1 atom stereocenters. The molecule has 0 aliphatic carbocycles. The Bertz CT molecular complexity index is 1360. The molecule has 5 aromatic rings. The second-order valence-electron chi connectivity index (χ2n) is 7.28. The van der Waals surface area contributed by atoms with Crippen LogP contribution in [0.5, 0.6) is 0 Å². The number of thioether (sulfide) groups is 1. The number of nitrogens with zero attached hydrogens (tertiary/aromatic N) is 3. The van der Waals surface area contributed by atoms with Gasteiger partial charge in [0.05, 0.1) is 0 Å². The third-order valence-electron chi connectivity index (χ3n) is 5.34. The van der Waals surface area contributed by atoms with Crippen LogP contribution in [0, 0.1) is 0 Å². The van der Waals surface area contributed by atoms with E-state index in [4.69, 9.17) is 4.42 Å². The summed E-state index contributed by atoms with van der Waals surface area (Å²) in [5.41, 5.74) is 4.51. The number of aromatic nitrogens is 4. The van der Waals surface area contributed by atoms with Crippen molar-refractivity contribution in [3.05, 3.63) is 95.9 Å². The number of fused-ring (bicyclic) bond motifs is 1. The van der Waals surface area contributed by atoms with Gasteiger partial charge in [-0.2, -0.15) is 0 Å². The number of hydrogen-bond donors (Lipinski definition) is 1. The van der Waals surface area contributed by atoms with Crippen LogP contribution >= 0.6 is 11.8 Å². The smallest absolute Gasteiger partial charge is 0.277 e. The van der Waals surface area contributed by atoms with Crippen molar-refractivity contribution in [3.8, 4) is 11.5 Å². The van der Waals surface area contributed by atoms with Crippen molar-refractivity contribution in [2.24, 2.45) is 0 Å². The highest BCUT2D eigenvalue weighted by molar-refractivity contribution is 8.00. The molecule has 6 nitrogen and oxygen atoms in total. The number of carbonyl (C=O) groups excluding carboxylic acids is 1. The Labute approximate surface area is 189 Å². The van der Waals surface area contributed by atoms with E-state index in [0.717, 1.165) is 28.5 Å². The van der Waals surface area contributed by atoms with Gasteiger partial charge < -0.3 is 9.40 Å². The van der Waals surface area contributed by atoms with E-state index >= 15 is 0 Å². The number of nitrogens with one attached hydrogen (secondary N) is 1. The monoisotopic (exact) mass is 440 g/mol. The van der Waals surface area contributed by atoms with Crippen molar-refractivity contribution in [2.75, 3.05) is 0 Å². The number of benzene rings is 2. The highest BCUT2D eigenvalue weighted by Gasteiger charge is 2.28. The second-order valence-corrected chi connectivity index (χ2v) is 8.33. The number of carbonyl (C=O) groups is 1. The summed E-state index contributed by atoms with van der Waals surface area (Å²) in [6.45, 7) is 2.11. The van der Waals surface area contributed by atoms with Crippen molar-refractivity contribution in [2.45, 2.75) is 23.8 Å². The number of ketones is 1. The first kappa shape index (κ1) is 20.2. The molecule has 0 saturated carbocycles. The van der Waals surface area contributed by atoms with E-state index in [0.29, 0.717) is 16.7 Å². The summed E-state index contributed by atoms with van der Waals surface area (Å²) in [7, 11) is 0. The molecule has 3 aromatic heterocycles. The molecule has 0 amide bonds. The van der Waals surface area contributed by atoms with Gasteiger partial charge >= 0.3 is 0 Å². The SMILES string of the molecule is CCc1cccc2c(C(=O)C(Sc3nnc(-c4ccncc4)o3)c3ccccc3)c[nH]c12. The van der Waals surface area contributed by atoms with Crippen molar-refractivity contribution < 1.29 is 9.21 Å². The highest BCUT2D eigenvalue weighted by atomic mass is 32.2. The topological polar surface area (TPSA) is 84.7 Å². The standard InChI is InChI=1S/C25H20N4O2S/c1-2-16-9-6-10-19-20(15-27-21(16)19)22(30)23(17-7-4-3-5-8-17)32-25-29-28-24(31-25)18-11-13-26-14-12-18/h3-15,23,27H,2H2,1H3. The van der Waals surface area contributed by atoms with Crippen molar-refractivity contribution >= 4 is 28.4 Å². The van der Waals surface area contributed by atoms with Gasteiger partial charge in [-0.15, -0.1) is 10.2 Å². The number of H-pyrrole nitrogens is 1. The minimum Gasteiger partial charge on any atom is -0.411 e.